The highest BCUT2D eigenvalue weighted by molar-refractivity contribution is 9.10. The number of hydrogen-bond acceptors (Lipinski definition) is 3. The lowest BCUT2D eigenvalue weighted by atomic mass is 9.82. The van der Waals surface area contributed by atoms with E-state index in [4.69, 9.17) is 4.84 Å². The summed E-state index contributed by atoms with van der Waals surface area (Å²) in [7, 11) is 0. The van der Waals surface area contributed by atoms with Gasteiger partial charge in [-0.25, -0.2) is 0 Å². The van der Waals surface area contributed by atoms with Crippen molar-refractivity contribution in [1.29, 1.82) is 0 Å². The molecule has 4 aromatic carbocycles. The maximum absolute atomic E-state index is 14.0. The minimum Gasteiger partial charge on any atom is -0.386 e. The van der Waals surface area contributed by atoms with Crippen LogP contribution in [0, 0.1) is 5.92 Å². The molecule has 5 heteroatoms. The van der Waals surface area contributed by atoms with Crippen LogP contribution in [0.1, 0.15) is 27.6 Å². The summed E-state index contributed by atoms with van der Waals surface area (Å²) < 4.78 is 1.00. The molecule has 2 unspecified atom stereocenters. The Labute approximate surface area is 211 Å². The monoisotopic (exact) mass is 520 g/mol. The molecule has 0 radical (unpaired) electrons. The molecule has 0 spiro atoms. The first kappa shape index (κ1) is 21.6. The van der Waals surface area contributed by atoms with Crippen LogP contribution < -0.4 is 0 Å². The number of nitrogens with one attached hydrogen (secondary N) is 1. The first-order valence-corrected chi connectivity index (χ1v) is 12.2. The molecule has 0 bridgehead atoms. The average molecular weight is 521 g/mol. The average Bonchev–Trinajstić information content (AvgIpc) is 3.51. The van der Waals surface area contributed by atoms with Crippen molar-refractivity contribution >= 4 is 38.3 Å². The quantitative estimate of drug-likeness (QED) is 0.243. The van der Waals surface area contributed by atoms with Gasteiger partial charge < -0.3 is 9.82 Å². The van der Waals surface area contributed by atoms with E-state index in [1.54, 1.807) is 0 Å². The normalized spacial score (nSPS) is 17.2. The SMILES string of the molecule is O=C(c1ccccc1)C1C(c2c(-c3ccc(Br)cc3)[nH]c3ccccc23)=NOC1c1ccccc1. The lowest BCUT2D eigenvalue weighted by molar-refractivity contribution is 0.0533. The third-order valence-corrected chi connectivity index (χ3v) is 6.95. The second kappa shape index (κ2) is 9.01. The van der Waals surface area contributed by atoms with Crippen molar-refractivity contribution in [1.82, 2.24) is 4.98 Å². The van der Waals surface area contributed by atoms with Gasteiger partial charge in [0.15, 0.2) is 11.9 Å². The van der Waals surface area contributed by atoms with E-state index in [-0.39, 0.29) is 5.78 Å². The van der Waals surface area contributed by atoms with Crippen LogP contribution in [0.4, 0.5) is 0 Å². The Morgan fingerprint density at radius 3 is 2.20 bits per heavy atom. The molecule has 0 fully saturated rings. The van der Waals surface area contributed by atoms with Crippen LogP contribution in [0.2, 0.25) is 0 Å². The van der Waals surface area contributed by atoms with E-state index in [1.807, 2.05) is 91.0 Å². The lowest BCUT2D eigenvalue weighted by Gasteiger charge is -2.19. The van der Waals surface area contributed by atoms with Crippen molar-refractivity contribution in [2.45, 2.75) is 6.10 Å². The van der Waals surface area contributed by atoms with Gasteiger partial charge in [0, 0.05) is 26.5 Å². The first-order chi connectivity index (χ1) is 17.2. The van der Waals surface area contributed by atoms with Gasteiger partial charge in [-0.15, -0.1) is 0 Å². The van der Waals surface area contributed by atoms with Crippen LogP contribution in [0.5, 0.6) is 0 Å². The number of H-pyrrole nitrogens is 1. The van der Waals surface area contributed by atoms with Gasteiger partial charge in [0.1, 0.15) is 11.6 Å². The summed E-state index contributed by atoms with van der Waals surface area (Å²) in [6, 6.07) is 35.5. The van der Waals surface area contributed by atoms with Crippen molar-refractivity contribution in [3.63, 3.8) is 0 Å². The zero-order valence-electron chi connectivity index (χ0n) is 18.7. The molecule has 0 aliphatic carbocycles. The number of fused-ring (bicyclic) bond motifs is 1. The second-order valence-electron chi connectivity index (χ2n) is 8.55. The summed E-state index contributed by atoms with van der Waals surface area (Å²) in [5.41, 5.74) is 6.01. The van der Waals surface area contributed by atoms with Crippen LogP contribution >= 0.6 is 15.9 Å². The fraction of sp³-hybridized carbons (Fsp3) is 0.0667. The molecule has 4 nitrogen and oxygen atoms in total. The van der Waals surface area contributed by atoms with E-state index in [0.717, 1.165) is 37.8 Å². The molecule has 5 aromatic rings. The summed E-state index contributed by atoms with van der Waals surface area (Å²) in [6.07, 6.45) is -0.509. The Bertz CT molecular complexity index is 1540. The van der Waals surface area contributed by atoms with Gasteiger partial charge in [0.2, 0.25) is 0 Å². The Kier molecular flexibility index (Phi) is 5.55. The van der Waals surface area contributed by atoms with Crippen molar-refractivity contribution in [2.24, 2.45) is 11.1 Å². The van der Waals surface area contributed by atoms with E-state index >= 15 is 0 Å². The number of aromatic amines is 1. The summed E-state index contributed by atoms with van der Waals surface area (Å²) in [5.74, 6) is -0.601. The standard InChI is InChI=1S/C30H21BrN2O2/c31-22-17-15-19(16-18-22)27-25(23-13-7-8-14-24(23)32-27)28-26(29(34)20-9-3-1-4-10-20)30(35-33-28)21-11-5-2-6-12-21/h1-18,26,30,32H. The number of oxime groups is 1. The topological polar surface area (TPSA) is 54.5 Å². The molecular weight excluding hydrogens is 500 g/mol. The smallest absolute Gasteiger partial charge is 0.176 e. The van der Waals surface area contributed by atoms with Gasteiger partial charge in [0.25, 0.3) is 0 Å². The number of para-hydroxylation sites is 1. The van der Waals surface area contributed by atoms with Crippen LogP contribution in [-0.4, -0.2) is 16.5 Å². The number of carbonyl (C=O) groups excluding carboxylic acids is 1. The number of ketones is 1. The number of Topliss-reactive ketones (excluding diaryl/α,β-unsaturated/α-hetero) is 1. The molecule has 2 atom stereocenters. The number of rotatable bonds is 5. The number of nitrogens with zero attached hydrogens (tertiary/aromatic N) is 1. The van der Waals surface area contributed by atoms with E-state index < -0.39 is 12.0 Å². The molecule has 6 rings (SSSR count). The Hall–Kier alpha value is -3.96. The summed E-state index contributed by atoms with van der Waals surface area (Å²) in [5, 5.41) is 5.59. The van der Waals surface area contributed by atoms with Crippen molar-refractivity contribution in [3.05, 3.63) is 130 Å². The lowest BCUT2D eigenvalue weighted by Crippen LogP contribution is -2.27. The zero-order valence-corrected chi connectivity index (χ0v) is 20.3. The van der Waals surface area contributed by atoms with Crippen molar-refractivity contribution in [3.8, 4) is 11.3 Å². The molecular formula is C30H21BrN2O2. The largest absolute Gasteiger partial charge is 0.386 e. The third-order valence-electron chi connectivity index (χ3n) is 6.43. The van der Waals surface area contributed by atoms with E-state index in [0.29, 0.717) is 11.3 Å². The van der Waals surface area contributed by atoms with Crippen LogP contribution in [-0.2, 0) is 4.84 Å². The van der Waals surface area contributed by atoms with Crippen LogP contribution in [0.3, 0.4) is 0 Å². The maximum atomic E-state index is 14.0. The molecule has 0 amide bonds. The fourth-order valence-electron chi connectivity index (χ4n) is 4.76. The molecule has 1 N–H and O–H groups in total. The summed E-state index contributed by atoms with van der Waals surface area (Å²) >= 11 is 3.53. The number of carbonyl (C=O) groups is 1. The van der Waals surface area contributed by atoms with E-state index in [2.05, 4.69) is 44.3 Å². The molecule has 0 saturated carbocycles. The van der Waals surface area contributed by atoms with Crippen molar-refractivity contribution < 1.29 is 9.63 Å². The molecule has 1 aliphatic heterocycles. The molecule has 0 saturated heterocycles. The Morgan fingerprint density at radius 2 is 1.46 bits per heavy atom. The van der Waals surface area contributed by atoms with Gasteiger partial charge in [0.05, 0.1) is 5.69 Å². The molecule has 1 aromatic heterocycles. The highest BCUT2D eigenvalue weighted by Crippen LogP contribution is 2.42. The van der Waals surface area contributed by atoms with Crippen LogP contribution in [0.15, 0.2) is 119 Å². The highest BCUT2D eigenvalue weighted by Gasteiger charge is 2.43. The summed E-state index contributed by atoms with van der Waals surface area (Å²) in [6.45, 7) is 0. The Balaban J connectivity index is 1.55. The minimum absolute atomic E-state index is 0.0114. The molecule has 170 valence electrons. The van der Waals surface area contributed by atoms with Gasteiger partial charge in [-0.1, -0.05) is 112 Å². The number of aromatic nitrogens is 1. The minimum atomic E-state index is -0.590. The van der Waals surface area contributed by atoms with Crippen LogP contribution in [0.25, 0.3) is 22.2 Å². The van der Waals surface area contributed by atoms with E-state index in [1.165, 1.54) is 0 Å². The summed E-state index contributed by atoms with van der Waals surface area (Å²) in [4.78, 5) is 23.6. The van der Waals surface area contributed by atoms with Gasteiger partial charge >= 0.3 is 0 Å². The Morgan fingerprint density at radius 1 is 0.800 bits per heavy atom. The molecule has 2 heterocycles. The third kappa shape index (κ3) is 3.88. The number of halogens is 1. The van der Waals surface area contributed by atoms with Gasteiger partial charge in [-0.3, -0.25) is 4.79 Å². The molecule has 35 heavy (non-hydrogen) atoms. The predicted molar refractivity (Wildman–Crippen MR) is 143 cm³/mol. The van der Waals surface area contributed by atoms with Gasteiger partial charge in [-0.05, 0) is 29.3 Å². The zero-order chi connectivity index (χ0) is 23.8. The van der Waals surface area contributed by atoms with E-state index in [9.17, 15) is 4.79 Å². The second-order valence-corrected chi connectivity index (χ2v) is 9.46. The predicted octanol–water partition coefficient (Wildman–Crippen LogP) is 7.57. The number of benzene rings is 4. The number of hydrogen-bond donors (Lipinski definition) is 1. The highest BCUT2D eigenvalue weighted by atomic mass is 79.9. The fourth-order valence-corrected chi connectivity index (χ4v) is 5.02. The maximum Gasteiger partial charge on any atom is 0.176 e. The van der Waals surface area contributed by atoms with Gasteiger partial charge in [-0.2, -0.15) is 0 Å². The molecule has 1 aliphatic rings. The van der Waals surface area contributed by atoms with Crippen molar-refractivity contribution in [2.75, 3.05) is 0 Å². The first-order valence-electron chi connectivity index (χ1n) is 11.5.